The van der Waals surface area contributed by atoms with Gasteiger partial charge in [0.25, 0.3) is 5.89 Å². The van der Waals surface area contributed by atoms with Gasteiger partial charge in [-0.05, 0) is 30.5 Å². The first-order valence-corrected chi connectivity index (χ1v) is 8.32. The van der Waals surface area contributed by atoms with Crippen molar-refractivity contribution in [2.24, 2.45) is 10.9 Å². The topological polar surface area (TPSA) is 86.5 Å². The summed E-state index contributed by atoms with van der Waals surface area (Å²) in [5.41, 5.74) is 5.89. The molecule has 0 saturated heterocycles. The van der Waals surface area contributed by atoms with Crippen LogP contribution in [-0.2, 0) is 11.0 Å². The number of halogens is 3. The molecule has 0 bridgehead atoms. The van der Waals surface area contributed by atoms with Crippen molar-refractivity contribution in [3.8, 4) is 11.4 Å². The van der Waals surface area contributed by atoms with Crippen LogP contribution in [0.1, 0.15) is 30.0 Å². The smallest absolute Gasteiger partial charge is 0.381 e. The van der Waals surface area contributed by atoms with Crippen molar-refractivity contribution >= 4 is 17.2 Å². The van der Waals surface area contributed by atoms with E-state index in [2.05, 4.69) is 15.3 Å². The lowest BCUT2D eigenvalue weighted by Gasteiger charge is -2.06. The molecule has 0 amide bonds. The van der Waals surface area contributed by atoms with Crippen molar-refractivity contribution in [2.75, 3.05) is 0 Å². The molecule has 10 heteroatoms. The lowest BCUT2D eigenvalue weighted by atomic mass is 10.1. The zero-order valence-electron chi connectivity index (χ0n) is 13.4. The van der Waals surface area contributed by atoms with Gasteiger partial charge in [0.2, 0.25) is 11.9 Å². The van der Waals surface area contributed by atoms with Crippen molar-refractivity contribution < 1.29 is 22.5 Å². The maximum absolute atomic E-state index is 12.8. The average Bonchev–Trinajstić information content (AvgIpc) is 3.30. The summed E-state index contributed by atoms with van der Waals surface area (Å²) in [6.45, 7) is 1.60. The molecular weight excluding hydrogens is 369 g/mol. The Morgan fingerprint density at radius 3 is 2.85 bits per heavy atom. The molecule has 0 saturated carbocycles. The first kappa shape index (κ1) is 17.9. The van der Waals surface area contributed by atoms with Crippen LogP contribution in [0.5, 0.6) is 0 Å². The minimum Gasteiger partial charge on any atom is -0.381 e. The number of aromatic nitrogens is 2. The van der Waals surface area contributed by atoms with E-state index >= 15 is 0 Å². The van der Waals surface area contributed by atoms with Crippen LogP contribution < -0.4 is 5.73 Å². The molecule has 3 aromatic rings. The lowest BCUT2D eigenvalue weighted by Crippen LogP contribution is -2.13. The van der Waals surface area contributed by atoms with Crippen molar-refractivity contribution in [1.29, 1.82) is 0 Å². The van der Waals surface area contributed by atoms with Crippen LogP contribution in [0.15, 0.2) is 50.8 Å². The van der Waals surface area contributed by atoms with Gasteiger partial charge in [-0.3, -0.25) is 0 Å². The molecule has 1 atom stereocenters. The number of alkyl halides is 3. The largest absolute Gasteiger partial charge is 0.416 e. The second-order valence-corrected chi connectivity index (χ2v) is 6.05. The predicted octanol–water partition coefficient (Wildman–Crippen LogP) is 4.22. The van der Waals surface area contributed by atoms with Gasteiger partial charge < -0.3 is 15.1 Å². The number of hydrogen-bond acceptors (Lipinski definition) is 6. The molecule has 2 N–H and O–H groups in total. The van der Waals surface area contributed by atoms with Crippen molar-refractivity contribution in [3.63, 3.8) is 0 Å². The second-order valence-electron chi connectivity index (χ2n) is 5.27. The lowest BCUT2D eigenvalue weighted by molar-refractivity contribution is -0.137. The molecule has 0 aliphatic rings. The quantitative estimate of drug-likeness (QED) is 0.406. The third-order valence-corrected chi connectivity index (χ3v) is 4.05. The van der Waals surface area contributed by atoms with E-state index in [4.69, 9.17) is 15.1 Å². The third kappa shape index (κ3) is 4.02. The summed E-state index contributed by atoms with van der Waals surface area (Å²) >= 11 is 1.46. The molecule has 2 heterocycles. The Bertz CT molecular complexity index is 906. The predicted molar refractivity (Wildman–Crippen MR) is 89.3 cm³/mol. The highest BCUT2D eigenvalue weighted by atomic mass is 32.1. The summed E-state index contributed by atoms with van der Waals surface area (Å²) < 4.78 is 43.5. The molecule has 0 spiro atoms. The summed E-state index contributed by atoms with van der Waals surface area (Å²) in [7, 11) is 0. The van der Waals surface area contributed by atoms with Crippen LogP contribution >= 0.6 is 11.3 Å². The zero-order valence-corrected chi connectivity index (χ0v) is 14.2. The Morgan fingerprint density at radius 1 is 1.35 bits per heavy atom. The fraction of sp³-hybridized carbons (Fsp3) is 0.188. The van der Waals surface area contributed by atoms with Crippen molar-refractivity contribution in [3.05, 3.63) is 58.1 Å². The van der Waals surface area contributed by atoms with Crippen LogP contribution in [0.2, 0.25) is 0 Å². The van der Waals surface area contributed by atoms with E-state index in [0.29, 0.717) is 0 Å². The van der Waals surface area contributed by atoms with E-state index in [1.54, 1.807) is 13.0 Å². The van der Waals surface area contributed by atoms with E-state index in [-0.39, 0.29) is 23.1 Å². The molecule has 0 fully saturated rings. The highest BCUT2D eigenvalue weighted by Gasteiger charge is 2.31. The van der Waals surface area contributed by atoms with Crippen LogP contribution in [0.4, 0.5) is 13.2 Å². The monoisotopic (exact) mass is 382 g/mol. The van der Waals surface area contributed by atoms with E-state index in [0.717, 1.165) is 17.7 Å². The standard InChI is InChI=1S/C16H13F3N4O2S/c1-9(24-22-13(20)11-5-6-26-8-11)15-21-14(23-25-15)10-3-2-4-12(7-10)16(17,18)19/h2-9H,1H3,(H2,20,22)/t9-/m1/s1. The minimum absolute atomic E-state index is 0.0244. The highest BCUT2D eigenvalue weighted by Crippen LogP contribution is 2.31. The number of hydrogen-bond donors (Lipinski definition) is 1. The molecule has 2 aromatic heterocycles. The molecule has 0 aliphatic carbocycles. The molecule has 0 aliphatic heterocycles. The van der Waals surface area contributed by atoms with Gasteiger partial charge in [-0.25, -0.2) is 0 Å². The van der Waals surface area contributed by atoms with Crippen LogP contribution in [0.25, 0.3) is 11.4 Å². The number of benzene rings is 1. The molecule has 6 nitrogen and oxygen atoms in total. The zero-order chi connectivity index (χ0) is 18.7. The first-order valence-electron chi connectivity index (χ1n) is 7.37. The van der Waals surface area contributed by atoms with Crippen molar-refractivity contribution in [1.82, 2.24) is 10.1 Å². The van der Waals surface area contributed by atoms with Gasteiger partial charge in [-0.2, -0.15) is 29.5 Å². The minimum atomic E-state index is -4.45. The molecule has 26 heavy (non-hydrogen) atoms. The Hall–Kier alpha value is -2.88. The van der Waals surface area contributed by atoms with Gasteiger partial charge in [0.1, 0.15) is 0 Å². The number of nitrogens with two attached hydrogens (primary N) is 1. The number of nitrogens with zero attached hydrogens (tertiary/aromatic N) is 3. The molecule has 136 valence electrons. The Morgan fingerprint density at radius 2 is 2.15 bits per heavy atom. The fourth-order valence-electron chi connectivity index (χ4n) is 2.00. The van der Waals surface area contributed by atoms with Crippen LogP contribution in [-0.4, -0.2) is 16.0 Å². The number of thiophene rings is 1. The van der Waals surface area contributed by atoms with Gasteiger partial charge in [-0.15, -0.1) is 0 Å². The van der Waals surface area contributed by atoms with Gasteiger partial charge >= 0.3 is 6.18 Å². The number of oxime groups is 1. The fourth-order valence-corrected chi connectivity index (χ4v) is 2.65. The molecule has 1 aromatic carbocycles. The van der Waals surface area contributed by atoms with Crippen LogP contribution in [0.3, 0.4) is 0 Å². The maximum atomic E-state index is 12.8. The summed E-state index contributed by atoms with van der Waals surface area (Å²) in [6.07, 6.45) is -5.17. The van der Waals surface area contributed by atoms with E-state index in [9.17, 15) is 13.2 Å². The van der Waals surface area contributed by atoms with Gasteiger partial charge in [-0.1, -0.05) is 22.4 Å². The van der Waals surface area contributed by atoms with Gasteiger partial charge in [0.05, 0.1) is 5.56 Å². The number of amidine groups is 1. The van der Waals surface area contributed by atoms with Gasteiger partial charge in [0.15, 0.2) is 5.84 Å². The van der Waals surface area contributed by atoms with Crippen molar-refractivity contribution in [2.45, 2.75) is 19.2 Å². The van der Waals surface area contributed by atoms with E-state index in [1.165, 1.54) is 23.5 Å². The SMILES string of the molecule is C[C@@H](O/N=C(\N)c1ccsc1)c1nc(-c2cccc(C(F)(F)F)c2)no1. The van der Waals surface area contributed by atoms with Crippen LogP contribution in [0, 0.1) is 0 Å². The van der Waals surface area contributed by atoms with E-state index < -0.39 is 17.8 Å². The highest BCUT2D eigenvalue weighted by molar-refractivity contribution is 7.08. The molecule has 0 radical (unpaired) electrons. The summed E-state index contributed by atoms with van der Waals surface area (Å²) in [5, 5.41) is 11.2. The summed E-state index contributed by atoms with van der Waals surface area (Å²) in [5.74, 6) is 0.284. The van der Waals surface area contributed by atoms with E-state index in [1.807, 2.05) is 10.8 Å². The summed E-state index contributed by atoms with van der Waals surface area (Å²) in [6, 6.07) is 6.45. The molecule has 0 unspecified atom stereocenters. The van der Waals surface area contributed by atoms with Gasteiger partial charge in [0, 0.05) is 16.5 Å². The first-order chi connectivity index (χ1) is 12.3. The molecule has 3 rings (SSSR count). The Kier molecular flexibility index (Phi) is 4.94. The second kappa shape index (κ2) is 7.16. The Labute approximate surface area is 150 Å². The average molecular weight is 382 g/mol. The molecular formula is C16H13F3N4O2S. The maximum Gasteiger partial charge on any atom is 0.416 e. The Balaban J connectivity index is 1.74. The normalized spacial score (nSPS) is 13.6. The summed E-state index contributed by atoms with van der Waals surface area (Å²) in [4.78, 5) is 9.30. The third-order valence-electron chi connectivity index (χ3n) is 3.36. The number of rotatable bonds is 5.